The minimum atomic E-state index is -0.444. The summed E-state index contributed by atoms with van der Waals surface area (Å²) in [6, 6.07) is 2.87. The highest BCUT2D eigenvalue weighted by atomic mass is 79.9. The predicted molar refractivity (Wildman–Crippen MR) is 81.8 cm³/mol. The molecule has 0 bridgehead atoms. The smallest absolute Gasteiger partial charge is 0.278 e. The molecule has 1 aliphatic carbocycles. The fourth-order valence-electron chi connectivity index (χ4n) is 2.18. The molecule has 1 heterocycles. The summed E-state index contributed by atoms with van der Waals surface area (Å²) >= 11 is 3.10. The van der Waals surface area contributed by atoms with E-state index >= 15 is 0 Å². The van der Waals surface area contributed by atoms with Crippen LogP contribution in [-0.4, -0.2) is 16.1 Å². The zero-order chi connectivity index (χ0) is 15.1. The number of hydrogen-bond acceptors (Lipinski definition) is 3. The average molecular weight is 353 g/mol. The van der Waals surface area contributed by atoms with Crippen LogP contribution >= 0.6 is 15.9 Å². The van der Waals surface area contributed by atoms with Gasteiger partial charge in [-0.25, -0.2) is 4.39 Å². The summed E-state index contributed by atoms with van der Waals surface area (Å²) in [5.74, 6) is -0.504. The fraction of sp³-hybridized carbons (Fsp3) is 0.286. The first kappa shape index (κ1) is 14.1. The van der Waals surface area contributed by atoms with Gasteiger partial charge in [0.1, 0.15) is 5.82 Å². The minimum absolute atomic E-state index is 0.152. The molecule has 0 unspecified atom stereocenters. The number of nitrogens with one attached hydrogen (secondary N) is 2. The molecule has 1 fully saturated rings. The molecule has 1 aromatic heterocycles. The second-order valence-electron chi connectivity index (χ2n) is 5.21. The second-order valence-corrected chi connectivity index (χ2v) is 6.06. The number of carbonyl (C=O) groups excluding carboxylic acids is 1. The van der Waals surface area contributed by atoms with Gasteiger partial charge in [0.25, 0.3) is 5.91 Å². The van der Waals surface area contributed by atoms with Gasteiger partial charge in [-0.2, -0.15) is 5.10 Å². The SMILES string of the molecule is Cc1cc(Br)c(F)cc1NC(=O)c1n[nH]c(C2CC2)c1N. The van der Waals surface area contributed by atoms with Crippen molar-refractivity contribution < 1.29 is 9.18 Å². The van der Waals surface area contributed by atoms with Gasteiger partial charge >= 0.3 is 0 Å². The van der Waals surface area contributed by atoms with Gasteiger partial charge in [0.15, 0.2) is 5.69 Å². The fourth-order valence-corrected chi connectivity index (χ4v) is 2.64. The maximum atomic E-state index is 13.6. The highest BCUT2D eigenvalue weighted by molar-refractivity contribution is 9.10. The number of amides is 1. The van der Waals surface area contributed by atoms with Gasteiger partial charge in [-0.15, -0.1) is 0 Å². The third kappa shape index (κ3) is 2.65. The first-order valence-corrected chi connectivity index (χ1v) is 7.37. The molecular weight excluding hydrogens is 339 g/mol. The second kappa shape index (κ2) is 5.14. The van der Waals surface area contributed by atoms with Gasteiger partial charge in [-0.3, -0.25) is 9.89 Å². The first-order valence-electron chi connectivity index (χ1n) is 6.58. The Hall–Kier alpha value is -1.89. The Kier molecular flexibility index (Phi) is 3.44. The molecule has 21 heavy (non-hydrogen) atoms. The van der Waals surface area contributed by atoms with E-state index in [0.29, 0.717) is 21.8 Å². The summed E-state index contributed by atoms with van der Waals surface area (Å²) in [6.45, 7) is 1.78. The molecule has 3 rings (SSSR count). The van der Waals surface area contributed by atoms with Crippen molar-refractivity contribution in [2.24, 2.45) is 0 Å². The summed E-state index contributed by atoms with van der Waals surface area (Å²) in [6.07, 6.45) is 2.12. The number of nitrogen functional groups attached to an aromatic ring is 1. The number of nitrogens with zero attached hydrogens (tertiary/aromatic N) is 1. The average Bonchev–Trinajstić information content (AvgIpc) is 3.19. The molecule has 110 valence electrons. The normalized spacial score (nSPS) is 14.2. The quantitative estimate of drug-likeness (QED) is 0.791. The Balaban J connectivity index is 1.85. The summed E-state index contributed by atoms with van der Waals surface area (Å²) in [5.41, 5.74) is 8.45. The number of benzene rings is 1. The molecule has 5 nitrogen and oxygen atoms in total. The van der Waals surface area contributed by atoms with E-state index in [1.165, 1.54) is 6.07 Å². The molecule has 1 aliphatic rings. The number of aryl methyl sites for hydroxylation is 1. The first-order chi connectivity index (χ1) is 9.97. The van der Waals surface area contributed by atoms with E-state index in [9.17, 15) is 9.18 Å². The van der Waals surface area contributed by atoms with Crippen molar-refractivity contribution in [1.82, 2.24) is 10.2 Å². The van der Waals surface area contributed by atoms with E-state index in [1.54, 1.807) is 13.0 Å². The molecule has 7 heteroatoms. The van der Waals surface area contributed by atoms with Crippen molar-refractivity contribution >= 4 is 33.2 Å². The predicted octanol–water partition coefficient (Wildman–Crippen LogP) is 3.33. The molecule has 0 radical (unpaired) electrons. The van der Waals surface area contributed by atoms with Crippen LogP contribution in [-0.2, 0) is 0 Å². The molecule has 2 aromatic rings. The van der Waals surface area contributed by atoms with Crippen LogP contribution in [0.1, 0.15) is 40.5 Å². The Bertz CT molecular complexity index is 724. The number of nitrogens with two attached hydrogens (primary N) is 1. The number of halogens is 2. The monoisotopic (exact) mass is 352 g/mol. The molecule has 1 saturated carbocycles. The minimum Gasteiger partial charge on any atom is -0.395 e. The van der Waals surface area contributed by atoms with E-state index in [1.807, 2.05) is 0 Å². The zero-order valence-corrected chi connectivity index (χ0v) is 12.9. The van der Waals surface area contributed by atoms with Gasteiger partial charge < -0.3 is 11.1 Å². The molecule has 1 aromatic carbocycles. The third-order valence-corrected chi connectivity index (χ3v) is 4.16. The summed E-state index contributed by atoms with van der Waals surface area (Å²) in [4.78, 5) is 12.2. The van der Waals surface area contributed by atoms with E-state index in [4.69, 9.17) is 5.73 Å². The van der Waals surface area contributed by atoms with Crippen LogP contribution in [0.4, 0.5) is 15.8 Å². The van der Waals surface area contributed by atoms with Crippen molar-refractivity contribution in [2.45, 2.75) is 25.7 Å². The molecule has 0 aliphatic heterocycles. The Morgan fingerprint density at radius 1 is 1.52 bits per heavy atom. The number of aromatic amines is 1. The number of hydrogen-bond donors (Lipinski definition) is 3. The number of rotatable bonds is 3. The summed E-state index contributed by atoms with van der Waals surface area (Å²) < 4.78 is 13.9. The van der Waals surface area contributed by atoms with Gasteiger partial charge in [-0.1, -0.05) is 0 Å². The van der Waals surface area contributed by atoms with Crippen LogP contribution in [0.15, 0.2) is 16.6 Å². The van der Waals surface area contributed by atoms with Crippen LogP contribution in [0, 0.1) is 12.7 Å². The number of aromatic nitrogens is 2. The van der Waals surface area contributed by atoms with E-state index < -0.39 is 11.7 Å². The lowest BCUT2D eigenvalue weighted by molar-refractivity contribution is 0.102. The molecule has 0 spiro atoms. The third-order valence-electron chi connectivity index (χ3n) is 3.55. The van der Waals surface area contributed by atoms with Crippen LogP contribution in [0.2, 0.25) is 0 Å². The standard InChI is InChI=1S/C14H14BrFN4O/c1-6-4-8(15)9(16)5-10(6)18-14(21)13-11(17)12(19-20-13)7-2-3-7/h4-5,7H,2-3,17H2,1H3,(H,18,21)(H,19,20). The Morgan fingerprint density at radius 3 is 2.90 bits per heavy atom. The van der Waals surface area contributed by atoms with E-state index in [2.05, 4.69) is 31.4 Å². The van der Waals surface area contributed by atoms with Crippen molar-refractivity contribution in [1.29, 1.82) is 0 Å². The molecule has 0 atom stereocenters. The zero-order valence-electron chi connectivity index (χ0n) is 11.3. The molecule has 1 amide bonds. The molecule has 4 N–H and O–H groups in total. The number of carbonyl (C=O) groups is 1. The van der Waals surface area contributed by atoms with Gasteiger partial charge in [0.05, 0.1) is 15.9 Å². The van der Waals surface area contributed by atoms with Gasteiger partial charge in [0, 0.05) is 11.6 Å². The topological polar surface area (TPSA) is 83.8 Å². The lowest BCUT2D eigenvalue weighted by Gasteiger charge is -2.08. The Labute approximate surface area is 129 Å². The van der Waals surface area contributed by atoms with Crippen molar-refractivity contribution in [3.05, 3.63) is 39.4 Å². The lowest BCUT2D eigenvalue weighted by atomic mass is 10.2. The molecule has 0 saturated heterocycles. The van der Waals surface area contributed by atoms with Crippen molar-refractivity contribution in [2.75, 3.05) is 11.1 Å². The lowest BCUT2D eigenvalue weighted by Crippen LogP contribution is -2.15. The van der Waals surface area contributed by atoms with Gasteiger partial charge in [-0.05, 0) is 53.4 Å². The molecular formula is C14H14BrFN4O. The van der Waals surface area contributed by atoms with E-state index in [-0.39, 0.29) is 5.69 Å². The highest BCUT2D eigenvalue weighted by Gasteiger charge is 2.30. The van der Waals surface area contributed by atoms with Crippen LogP contribution < -0.4 is 11.1 Å². The summed E-state index contributed by atoms with van der Waals surface area (Å²) in [5, 5.41) is 9.44. The van der Waals surface area contributed by atoms with E-state index in [0.717, 1.165) is 24.1 Å². The highest BCUT2D eigenvalue weighted by Crippen LogP contribution is 2.42. The van der Waals surface area contributed by atoms with Crippen LogP contribution in [0.25, 0.3) is 0 Å². The van der Waals surface area contributed by atoms with Crippen LogP contribution in [0.3, 0.4) is 0 Å². The van der Waals surface area contributed by atoms with Gasteiger partial charge in [0.2, 0.25) is 0 Å². The number of H-pyrrole nitrogens is 1. The largest absolute Gasteiger partial charge is 0.395 e. The maximum Gasteiger partial charge on any atom is 0.278 e. The Morgan fingerprint density at radius 2 is 2.24 bits per heavy atom. The number of anilines is 2. The summed E-state index contributed by atoms with van der Waals surface area (Å²) in [7, 11) is 0. The van der Waals surface area contributed by atoms with Crippen molar-refractivity contribution in [3.63, 3.8) is 0 Å². The van der Waals surface area contributed by atoms with Crippen LogP contribution in [0.5, 0.6) is 0 Å². The maximum absolute atomic E-state index is 13.6. The van der Waals surface area contributed by atoms with Crippen molar-refractivity contribution in [3.8, 4) is 0 Å².